The van der Waals surface area contributed by atoms with Crippen molar-refractivity contribution in [1.82, 2.24) is 0 Å². The fourth-order valence-corrected chi connectivity index (χ4v) is 2.01. The van der Waals surface area contributed by atoms with Crippen LogP contribution in [0.25, 0.3) is 0 Å². The van der Waals surface area contributed by atoms with Gasteiger partial charge in [-0.2, -0.15) is 0 Å². The van der Waals surface area contributed by atoms with Gasteiger partial charge in [-0.15, -0.1) is 0 Å². The monoisotopic (exact) mass is 278 g/mol. The maximum absolute atomic E-state index is 12.3. The van der Waals surface area contributed by atoms with E-state index in [2.05, 4.69) is 4.74 Å². The summed E-state index contributed by atoms with van der Waals surface area (Å²) in [6.07, 6.45) is 0.205. The summed E-state index contributed by atoms with van der Waals surface area (Å²) in [5.74, 6) is 0.132. The van der Waals surface area contributed by atoms with Gasteiger partial charge in [-0.25, -0.2) is 0 Å². The molecule has 0 aliphatic heterocycles. The van der Waals surface area contributed by atoms with Gasteiger partial charge in [-0.1, -0.05) is 6.07 Å². The zero-order valence-corrected chi connectivity index (χ0v) is 12.8. The minimum absolute atomic E-state index is 0.0106. The Bertz CT molecular complexity index is 503. The molecule has 0 aliphatic rings. The van der Waals surface area contributed by atoms with Crippen LogP contribution in [0, 0.1) is 13.8 Å². The van der Waals surface area contributed by atoms with Crippen LogP contribution in [-0.2, 0) is 9.53 Å². The average molecular weight is 278 g/mol. The predicted octanol–water partition coefficient (Wildman–Crippen LogP) is 3.23. The van der Waals surface area contributed by atoms with Gasteiger partial charge in [-0.3, -0.25) is 9.59 Å². The van der Waals surface area contributed by atoms with Crippen LogP contribution in [0.5, 0.6) is 5.75 Å². The third-order valence-electron chi connectivity index (χ3n) is 2.86. The summed E-state index contributed by atoms with van der Waals surface area (Å²) in [5, 5.41) is 0. The highest BCUT2D eigenvalue weighted by Gasteiger charge is 2.17. The molecular formula is C16H22O4. The molecule has 0 amide bonds. The number of rotatable bonds is 6. The number of methoxy groups -OCH3 is 1. The fourth-order valence-electron chi connectivity index (χ4n) is 2.01. The third-order valence-corrected chi connectivity index (χ3v) is 2.86. The molecule has 1 aromatic rings. The molecule has 0 N–H and O–H groups in total. The number of ether oxygens (including phenoxy) is 2. The molecular weight excluding hydrogens is 256 g/mol. The average Bonchev–Trinajstić information content (AvgIpc) is 2.37. The molecule has 0 aliphatic carbocycles. The molecule has 1 rings (SSSR count). The van der Waals surface area contributed by atoms with Crippen molar-refractivity contribution < 1.29 is 19.1 Å². The topological polar surface area (TPSA) is 52.6 Å². The number of carbonyl (C=O) groups is 2. The summed E-state index contributed by atoms with van der Waals surface area (Å²) in [6, 6.07) is 3.79. The number of aryl methyl sites for hydroxylation is 2. The molecule has 0 saturated carbocycles. The second kappa shape index (κ2) is 7.08. The van der Waals surface area contributed by atoms with Crippen molar-refractivity contribution >= 4 is 11.8 Å². The maximum Gasteiger partial charge on any atom is 0.305 e. The Morgan fingerprint density at radius 3 is 2.35 bits per heavy atom. The lowest BCUT2D eigenvalue weighted by Crippen LogP contribution is -2.13. The Hall–Kier alpha value is -1.84. The Kier molecular flexibility index (Phi) is 5.74. The van der Waals surface area contributed by atoms with E-state index in [0.29, 0.717) is 11.3 Å². The molecule has 1 aromatic carbocycles. The lowest BCUT2D eigenvalue weighted by atomic mass is 9.99. The normalized spacial score (nSPS) is 10.5. The largest absolute Gasteiger partial charge is 0.490 e. The number of carbonyl (C=O) groups excluding carboxylic acids is 2. The van der Waals surface area contributed by atoms with E-state index < -0.39 is 0 Å². The molecule has 0 heterocycles. The van der Waals surface area contributed by atoms with Crippen LogP contribution in [0.3, 0.4) is 0 Å². The van der Waals surface area contributed by atoms with E-state index in [1.54, 1.807) is 0 Å². The first-order valence-electron chi connectivity index (χ1n) is 6.73. The first-order valence-corrected chi connectivity index (χ1v) is 6.73. The van der Waals surface area contributed by atoms with Gasteiger partial charge in [-0.05, 0) is 44.9 Å². The van der Waals surface area contributed by atoms with Gasteiger partial charge in [0.15, 0.2) is 5.78 Å². The van der Waals surface area contributed by atoms with Crippen LogP contribution in [0.15, 0.2) is 12.1 Å². The van der Waals surface area contributed by atoms with E-state index in [9.17, 15) is 9.59 Å². The number of hydrogen-bond acceptors (Lipinski definition) is 4. The Morgan fingerprint density at radius 1 is 1.15 bits per heavy atom. The highest BCUT2D eigenvalue weighted by atomic mass is 16.5. The Morgan fingerprint density at radius 2 is 1.80 bits per heavy atom. The van der Waals surface area contributed by atoms with E-state index in [1.807, 2.05) is 39.8 Å². The van der Waals surface area contributed by atoms with Gasteiger partial charge in [0, 0.05) is 6.42 Å². The summed E-state index contributed by atoms with van der Waals surface area (Å²) >= 11 is 0. The van der Waals surface area contributed by atoms with Crippen molar-refractivity contribution in [2.75, 3.05) is 7.11 Å². The molecule has 0 unspecified atom stereocenters. The SMILES string of the molecule is COC(=O)CCC(=O)c1cc(C)cc(C)c1OC(C)C. The van der Waals surface area contributed by atoms with Gasteiger partial charge >= 0.3 is 5.97 Å². The van der Waals surface area contributed by atoms with Crippen molar-refractivity contribution in [3.05, 3.63) is 28.8 Å². The summed E-state index contributed by atoms with van der Waals surface area (Å²) in [7, 11) is 1.32. The smallest absolute Gasteiger partial charge is 0.305 e. The van der Waals surface area contributed by atoms with Gasteiger partial charge in [0.1, 0.15) is 5.75 Å². The molecule has 4 nitrogen and oxygen atoms in total. The second-order valence-electron chi connectivity index (χ2n) is 5.12. The molecule has 20 heavy (non-hydrogen) atoms. The van der Waals surface area contributed by atoms with Crippen molar-refractivity contribution in [3.8, 4) is 5.75 Å². The summed E-state index contributed by atoms with van der Waals surface area (Å²) in [5.41, 5.74) is 2.47. The zero-order valence-electron chi connectivity index (χ0n) is 12.8. The molecule has 4 heteroatoms. The van der Waals surface area contributed by atoms with Crippen LogP contribution in [-0.4, -0.2) is 25.0 Å². The number of benzene rings is 1. The highest BCUT2D eigenvalue weighted by Crippen LogP contribution is 2.28. The first-order chi connectivity index (χ1) is 9.35. The van der Waals surface area contributed by atoms with E-state index in [4.69, 9.17) is 4.74 Å². The van der Waals surface area contributed by atoms with E-state index in [-0.39, 0.29) is 30.7 Å². The molecule has 0 bridgehead atoms. The minimum atomic E-state index is -0.381. The molecule has 0 fully saturated rings. The number of hydrogen-bond donors (Lipinski definition) is 0. The van der Waals surface area contributed by atoms with Gasteiger partial charge in [0.2, 0.25) is 0 Å². The van der Waals surface area contributed by atoms with Crippen LogP contribution in [0.4, 0.5) is 0 Å². The van der Waals surface area contributed by atoms with Crippen LogP contribution in [0.2, 0.25) is 0 Å². The number of Topliss-reactive ketones (excluding diaryl/α,β-unsaturated/α-hetero) is 1. The number of esters is 1. The first kappa shape index (κ1) is 16.2. The zero-order chi connectivity index (χ0) is 15.3. The molecule has 0 atom stereocenters. The van der Waals surface area contributed by atoms with Crippen LogP contribution < -0.4 is 4.74 Å². The van der Waals surface area contributed by atoms with Crippen LogP contribution >= 0.6 is 0 Å². The van der Waals surface area contributed by atoms with Gasteiger partial charge in [0.25, 0.3) is 0 Å². The molecule has 0 aromatic heterocycles. The third kappa shape index (κ3) is 4.37. The minimum Gasteiger partial charge on any atom is -0.490 e. The van der Waals surface area contributed by atoms with Crippen molar-refractivity contribution in [2.45, 2.75) is 46.6 Å². The highest BCUT2D eigenvalue weighted by molar-refractivity contribution is 6.00. The van der Waals surface area contributed by atoms with E-state index in [1.165, 1.54) is 7.11 Å². The van der Waals surface area contributed by atoms with Gasteiger partial charge < -0.3 is 9.47 Å². The fraction of sp³-hybridized carbons (Fsp3) is 0.500. The maximum atomic E-state index is 12.3. The van der Waals surface area contributed by atoms with Crippen molar-refractivity contribution in [1.29, 1.82) is 0 Å². The lowest BCUT2D eigenvalue weighted by molar-refractivity contribution is -0.140. The Balaban J connectivity index is 3.02. The van der Waals surface area contributed by atoms with Gasteiger partial charge in [0.05, 0.1) is 25.2 Å². The molecule has 0 radical (unpaired) electrons. The molecule has 110 valence electrons. The van der Waals surface area contributed by atoms with Crippen molar-refractivity contribution in [3.63, 3.8) is 0 Å². The van der Waals surface area contributed by atoms with Crippen molar-refractivity contribution in [2.24, 2.45) is 0 Å². The lowest BCUT2D eigenvalue weighted by Gasteiger charge is -2.17. The molecule has 0 spiro atoms. The molecule has 0 saturated heterocycles. The summed E-state index contributed by atoms with van der Waals surface area (Å²) in [6.45, 7) is 7.69. The second-order valence-corrected chi connectivity index (χ2v) is 5.12. The van der Waals surface area contributed by atoms with E-state index >= 15 is 0 Å². The number of ketones is 1. The quantitative estimate of drug-likeness (QED) is 0.592. The summed E-state index contributed by atoms with van der Waals surface area (Å²) < 4.78 is 10.3. The van der Waals surface area contributed by atoms with E-state index in [0.717, 1.165) is 11.1 Å². The summed E-state index contributed by atoms with van der Waals surface area (Å²) in [4.78, 5) is 23.4. The Labute approximate surface area is 120 Å². The standard InChI is InChI=1S/C16H22O4/c1-10(2)20-16-12(4)8-11(3)9-13(16)14(17)6-7-15(18)19-5/h8-10H,6-7H2,1-5H3. The predicted molar refractivity (Wildman–Crippen MR) is 77.3 cm³/mol. The van der Waals surface area contributed by atoms with Crippen LogP contribution in [0.1, 0.15) is 48.2 Å².